The summed E-state index contributed by atoms with van der Waals surface area (Å²) in [5, 5.41) is 0.193. The van der Waals surface area contributed by atoms with Crippen LogP contribution in [0.1, 0.15) is 46.1 Å². The van der Waals surface area contributed by atoms with Gasteiger partial charge >= 0.3 is 0 Å². The van der Waals surface area contributed by atoms with Gasteiger partial charge in [-0.05, 0) is 30.1 Å². The first-order valence-corrected chi connectivity index (χ1v) is 12.9. The van der Waals surface area contributed by atoms with Crippen LogP contribution in [-0.2, 0) is 25.3 Å². The van der Waals surface area contributed by atoms with Crippen LogP contribution in [0, 0.1) is 5.92 Å². The second-order valence-electron chi connectivity index (χ2n) is 9.15. The first-order chi connectivity index (χ1) is 12.6. The number of carbonyl (C=O) groups is 1. The lowest BCUT2D eigenvalue weighted by Crippen LogP contribution is -2.44. The number of benzene rings is 1. The summed E-state index contributed by atoms with van der Waals surface area (Å²) in [4.78, 5) is 12.4. The highest BCUT2D eigenvalue weighted by molar-refractivity contribution is 6.74. The van der Waals surface area contributed by atoms with Gasteiger partial charge in [-0.3, -0.25) is 4.79 Å². The van der Waals surface area contributed by atoms with Gasteiger partial charge in [0.2, 0.25) is 0 Å². The number of hydrogen-bond acceptors (Lipinski definition) is 4. The van der Waals surface area contributed by atoms with Crippen molar-refractivity contribution < 1.29 is 18.7 Å². The summed E-state index contributed by atoms with van der Waals surface area (Å²) in [5.41, 5.74) is 1.13. The predicted octanol–water partition coefficient (Wildman–Crippen LogP) is 4.98. The third-order valence-electron chi connectivity index (χ3n) is 5.96. The van der Waals surface area contributed by atoms with E-state index in [1.807, 2.05) is 37.3 Å². The minimum Gasteiger partial charge on any atom is -0.417 e. The summed E-state index contributed by atoms with van der Waals surface area (Å²) in [6, 6.07) is 10.1. The van der Waals surface area contributed by atoms with Gasteiger partial charge in [-0.1, -0.05) is 58.0 Å². The fourth-order valence-corrected chi connectivity index (χ4v) is 3.97. The van der Waals surface area contributed by atoms with E-state index >= 15 is 0 Å². The molecule has 0 N–H and O–H groups in total. The summed E-state index contributed by atoms with van der Waals surface area (Å²) in [6.07, 6.45) is 1.01. The van der Waals surface area contributed by atoms with Gasteiger partial charge in [0.1, 0.15) is 5.78 Å². The Kier molecular flexibility index (Phi) is 7.80. The van der Waals surface area contributed by atoms with Gasteiger partial charge in [0.25, 0.3) is 0 Å². The number of hydrogen-bond donors (Lipinski definition) is 0. The molecule has 2 rings (SSSR count). The quantitative estimate of drug-likeness (QED) is 0.585. The monoisotopic (exact) mass is 392 g/mol. The number of carbonyl (C=O) groups excluding carboxylic acids is 1. The van der Waals surface area contributed by atoms with Gasteiger partial charge in [-0.15, -0.1) is 0 Å². The predicted molar refractivity (Wildman–Crippen MR) is 111 cm³/mol. The van der Waals surface area contributed by atoms with E-state index in [1.54, 1.807) is 0 Å². The van der Waals surface area contributed by atoms with E-state index in [2.05, 4.69) is 33.9 Å². The molecule has 0 aromatic heterocycles. The molecule has 1 aliphatic rings. The highest BCUT2D eigenvalue weighted by atomic mass is 28.4. The molecule has 152 valence electrons. The molecule has 1 aliphatic heterocycles. The summed E-state index contributed by atoms with van der Waals surface area (Å²) < 4.78 is 18.3. The van der Waals surface area contributed by atoms with Crippen LogP contribution < -0.4 is 0 Å². The van der Waals surface area contributed by atoms with Crippen molar-refractivity contribution in [2.24, 2.45) is 5.92 Å². The Morgan fingerprint density at radius 2 is 1.85 bits per heavy atom. The van der Waals surface area contributed by atoms with Gasteiger partial charge in [0, 0.05) is 18.9 Å². The van der Waals surface area contributed by atoms with Gasteiger partial charge < -0.3 is 13.9 Å². The zero-order valence-electron chi connectivity index (χ0n) is 17.8. The van der Waals surface area contributed by atoms with Crippen LogP contribution in [0.15, 0.2) is 30.3 Å². The molecule has 0 amide bonds. The Morgan fingerprint density at radius 1 is 1.19 bits per heavy atom. The summed E-state index contributed by atoms with van der Waals surface area (Å²) >= 11 is 0. The zero-order chi connectivity index (χ0) is 20.1. The molecule has 0 bridgehead atoms. The highest BCUT2D eigenvalue weighted by Gasteiger charge is 2.38. The minimum absolute atomic E-state index is 0.0659. The molecule has 0 spiro atoms. The molecule has 1 heterocycles. The normalized spacial score (nSPS) is 24.2. The first kappa shape index (κ1) is 22.3. The number of ketones is 1. The van der Waals surface area contributed by atoms with Crippen LogP contribution in [-0.4, -0.2) is 39.5 Å². The van der Waals surface area contributed by atoms with Crippen molar-refractivity contribution in [3.05, 3.63) is 35.9 Å². The fourth-order valence-electron chi connectivity index (χ4n) is 2.91. The largest absolute Gasteiger partial charge is 0.417 e. The minimum atomic E-state index is -1.76. The first-order valence-electron chi connectivity index (χ1n) is 10.0. The third kappa shape index (κ3) is 6.52. The lowest BCUT2D eigenvalue weighted by molar-refractivity contribution is -0.153. The maximum absolute atomic E-state index is 12.4. The molecule has 0 aliphatic carbocycles. The van der Waals surface area contributed by atoms with E-state index in [0.29, 0.717) is 26.2 Å². The number of rotatable bonds is 8. The molecule has 0 unspecified atom stereocenters. The molecular weight excluding hydrogens is 356 g/mol. The van der Waals surface area contributed by atoms with E-state index in [4.69, 9.17) is 13.9 Å². The summed E-state index contributed by atoms with van der Waals surface area (Å²) in [5.74, 6) is 0.158. The second kappa shape index (κ2) is 9.46. The van der Waals surface area contributed by atoms with E-state index in [9.17, 15) is 4.79 Å². The van der Waals surface area contributed by atoms with Crippen LogP contribution in [0.3, 0.4) is 0 Å². The van der Waals surface area contributed by atoms with Gasteiger partial charge in [-0.2, -0.15) is 0 Å². The van der Waals surface area contributed by atoms with Crippen molar-refractivity contribution in [3.63, 3.8) is 0 Å². The van der Waals surface area contributed by atoms with Crippen molar-refractivity contribution in [2.75, 3.05) is 13.2 Å². The van der Waals surface area contributed by atoms with Gasteiger partial charge in [-0.25, -0.2) is 0 Å². The molecule has 1 aromatic rings. The Bertz CT molecular complexity index is 594. The molecule has 0 saturated carbocycles. The van der Waals surface area contributed by atoms with E-state index in [1.165, 1.54) is 0 Å². The fraction of sp³-hybridized carbons (Fsp3) is 0.682. The smallest absolute Gasteiger partial charge is 0.191 e. The van der Waals surface area contributed by atoms with Crippen molar-refractivity contribution in [1.82, 2.24) is 0 Å². The second-order valence-corrected chi connectivity index (χ2v) is 14.0. The molecule has 4 nitrogen and oxygen atoms in total. The zero-order valence-corrected chi connectivity index (χ0v) is 18.8. The van der Waals surface area contributed by atoms with Crippen LogP contribution in [0.2, 0.25) is 18.1 Å². The lowest BCUT2D eigenvalue weighted by atomic mass is 9.91. The van der Waals surface area contributed by atoms with Crippen molar-refractivity contribution >= 4 is 14.1 Å². The summed E-state index contributed by atoms with van der Waals surface area (Å²) in [7, 11) is -1.76. The SMILES string of the molecule is C[C@@H]1C(=O)C[C@H](CCO[Si](C)(C)C(C)(C)C)O[C@@H]1COCc1ccccc1. The average molecular weight is 393 g/mol. The topological polar surface area (TPSA) is 44.8 Å². The average Bonchev–Trinajstić information content (AvgIpc) is 2.59. The highest BCUT2D eigenvalue weighted by Crippen LogP contribution is 2.36. The maximum Gasteiger partial charge on any atom is 0.191 e. The van der Waals surface area contributed by atoms with Crippen LogP contribution in [0.5, 0.6) is 0 Å². The molecule has 1 saturated heterocycles. The number of ether oxygens (including phenoxy) is 2. The molecular formula is C22H36O4Si. The van der Waals surface area contributed by atoms with Crippen molar-refractivity contribution in [2.45, 2.75) is 77.5 Å². The third-order valence-corrected chi connectivity index (χ3v) is 10.5. The molecule has 3 atom stereocenters. The van der Waals surface area contributed by atoms with E-state index < -0.39 is 8.32 Å². The number of Topliss-reactive ketones (excluding diaryl/α,β-unsaturated/α-hetero) is 1. The Balaban J connectivity index is 1.80. The van der Waals surface area contributed by atoms with Crippen LogP contribution in [0.4, 0.5) is 0 Å². The molecule has 27 heavy (non-hydrogen) atoms. The maximum atomic E-state index is 12.4. The lowest BCUT2D eigenvalue weighted by Gasteiger charge is -2.37. The van der Waals surface area contributed by atoms with Crippen LogP contribution >= 0.6 is 0 Å². The van der Waals surface area contributed by atoms with E-state index in [-0.39, 0.29) is 28.9 Å². The Hall–Kier alpha value is -1.01. The molecule has 0 radical (unpaired) electrons. The van der Waals surface area contributed by atoms with Gasteiger partial charge in [0.05, 0.1) is 25.4 Å². The Morgan fingerprint density at radius 3 is 2.48 bits per heavy atom. The molecule has 1 fully saturated rings. The van der Waals surface area contributed by atoms with Crippen molar-refractivity contribution in [3.8, 4) is 0 Å². The Labute approximate surface area is 165 Å². The standard InChI is InChI=1S/C22H36O4Si/c1-17-20(23)14-19(12-13-25-27(5,6)22(2,3)4)26-21(17)16-24-15-18-10-8-7-9-11-18/h7-11,17,19,21H,12-16H2,1-6H3/t17-,19+,21-/m1/s1. The van der Waals surface area contributed by atoms with Crippen molar-refractivity contribution in [1.29, 1.82) is 0 Å². The molecule has 1 aromatic carbocycles. The van der Waals surface area contributed by atoms with E-state index in [0.717, 1.165) is 12.0 Å². The van der Waals surface area contributed by atoms with Gasteiger partial charge in [0.15, 0.2) is 8.32 Å². The van der Waals surface area contributed by atoms with Crippen LogP contribution in [0.25, 0.3) is 0 Å². The summed E-state index contributed by atoms with van der Waals surface area (Å²) in [6.45, 7) is 14.8. The molecule has 5 heteroatoms.